The van der Waals surface area contributed by atoms with Gasteiger partial charge in [0, 0.05) is 10.7 Å². The number of ether oxygens (including phenoxy) is 1. The fourth-order valence-electron chi connectivity index (χ4n) is 2.94. The summed E-state index contributed by atoms with van der Waals surface area (Å²) in [7, 11) is 0. The van der Waals surface area contributed by atoms with Crippen LogP contribution < -0.4 is 15.6 Å². The number of fused-ring (bicyclic) bond motifs is 1. The van der Waals surface area contributed by atoms with Crippen LogP contribution >= 0.6 is 27.5 Å². The van der Waals surface area contributed by atoms with Gasteiger partial charge in [0.05, 0.1) is 10.7 Å². The second-order valence-corrected chi connectivity index (χ2v) is 8.05. The van der Waals surface area contributed by atoms with Gasteiger partial charge in [-0.2, -0.15) is 10.2 Å². The van der Waals surface area contributed by atoms with Gasteiger partial charge in [-0.1, -0.05) is 45.7 Å². The minimum Gasteiger partial charge on any atom is -0.438 e. The van der Waals surface area contributed by atoms with Gasteiger partial charge in [-0.3, -0.25) is 14.0 Å². The lowest BCUT2D eigenvalue weighted by atomic mass is 10.1. The number of hydrogen-bond donors (Lipinski definition) is 1. The number of benzene rings is 2. The van der Waals surface area contributed by atoms with Crippen LogP contribution in [0.2, 0.25) is 5.02 Å². The van der Waals surface area contributed by atoms with E-state index in [4.69, 9.17) is 16.3 Å². The fraction of sp³-hybridized carbons (Fsp3) is 0. The minimum atomic E-state index is -0.724. The Bertz CT molecular complexity index is 1490. The number of amides is 1. The number of nitrogens with zero attached hydrogens (tertiary/aromatic N) is 3. The molecule has 0 radical (unpaired) electrons. The van der Waals surface area contributed by atoms with E-state index in [-0.39, 0.29) is 17.0 Å². The molecule has 0 unspecified atom stereocenters. The van der Waals surface area contributed by atoms with Gasteiger partial charge in [-0.25, -0.2) is 0 Å². The average Bonchev–Trinajstić information content (AvgIpc) is 2.82. The predicted octanol–water partition coefficient (Wildman–Crippen LogP) is 5.45. The van der Waals surface area contributed by atoms with Crippen LogP contribution in [0, 0.1) is 11.3 Å². The molecule has 9 heteroatoms. The third-order valence-electron chi connectivity index (χ3n) is 4.54. The summed E-state index contributed by atoms with van der Waals surface area (Å²) in [5, 5.41) is 12.5. The highest BCUT2D eigenvalue weighted by Crippen LogP contribution is 2.26. The molecule has 0 saturated heterocycles. The fourth-order valence-corrected chi connectivity index (χ4v) is 3.39. The van der Waals surface area contributed by atoms with Crippen LogP contribution in [0.25, 0.3) is 11.7 Å². The third kappa shape index (κ3) is 4.95. The number of hydrogen-bond acceptors (Lipinski definition) is 5. The number of rotatable bonds is 5. The van der Waals surface area contributed by atoms with Gasteiger partial charge >= 0.3 is 0 Å². The van der Waals surface area contributed by atoms with Gasteiger partial charge in [-0.05, 0) is 54.6 Å². The second-order valence-electron chi connectivity index (χ2n) is 6.72. The zero-order chi connectivity index (χ0) is 23.4. The first-order chi connectivity index (χ1) is 16.0. The van der Waals surface area contributed by atoms with Crippen LogP contribution in [0.1, 0.15) is 5.56 Å². The summed E-state index contributed by atoms with van der Waals surface area (Å²) < 4.78 is 8.02. The third-order valence-corrected chi connectivity index (χ3v) is 5.40. The highest BCUT2D eigenvalue weighted by Gasteiger charge is 2.18. The average molecular weight is 522 g/mol. The molecule has 0 saturated carbocycles. The molecular weight excluding hydrogens is 508 g/mol. The van der Waals surface area contributed by atoms with E-state index in [0.717, 1.165) is 10.5 Å². The molecule has 7 nitrogen and oxygen atoms in total. The molecule has 2 aromatic carbocycles. The Morgan fingerprint density at radius 1 is 1.12 bits per heavy atom. The van der Waals surface area contributed by atoms with Crippen LogP contribution in [0.3, 0.4) is 0 Å². The van der Waals surface area contributed by atoms with Crippen LogP contribution in [-0.4, -0.2) is 15.3 Å². The number of aromatic nitrogens is 2. The van der Waals surface area contributed by atoms with Crippen LogP contribution in [0.4, 0.5) is 5.69 Å². The Balaban J connectivity index is 1.81. The van der Waals surface area contributed by atoms with E-state index in [1.54, 1.807) is 72.9 Å². The summed E-state index contributed by atoms with van der Waals surface area (Å²) in [5.41, 5.74) is -0.167. The number of carbonyl (C=O) groups excluding carboxylic acids is 1. The van der Waals surface area contributed by atoms with Crippen LogP contribution in [0.15, 0.2) is 87.8 Å². The molecule has 33 heavy (non-hydrogen) atoms. The molecule has 0 aliphatic carbocycles. The Morgan fingerprint density at radius 3 is 2.58 bits per heavy atom. The lowest BCUT2D eigenvalue weighted by Gasteiger charge is -2.11. The SMILES string of the molecule is N#CC(=Cc1c(Oc2ccc(Br)cc2)nc2ccccn2c1=O)C(=O)Nc1ccccc1Cl. The molecule has 4 rings (SSSR count). The van der Waals surface area contributed by atoms with Crippen molar-refractivity contribution in [2.45, 2.75) is 0 Å². The molecule has 0 fully saturated rings. The number of para-hydroxylation sites is 1. The summed E-state index contributed by atoms with van der Waals surface area (Å²) >= 11 is 9.45. The molecule has 0 bridgehead atoms. The first-order valence-electron chi connectivity index (χ1n) is 9.59. The molecule has 0 atom stereocenters. The zero-order valence-corrected chi connectivity index (χ0v) is 19.2. The smallest absolute Gasteiger partial charge is 0.269 e. The van der Waals surface area contributed by atoms with Gasteiger partial charge in [-0.15, -0.1) is 0 Å². The van der Waals surface area contributed by atoms with E-state index >= 15 is 0 Å². The molecule has 0 spiro atoms. The lowest BCUT2D eigenvalue weighted by molar-refractivity contribution is -0.112. The molecule has 0 aliphatic rings. The van der Waals surface area contributed by atoms with E-state index in [2.05, 4.69) is 26.2 Å². The van der Waals surface area contributed by atoms with Gasteiger partial charge < -0.3 is 10.1 Å². The maximum Gasteiger partial charge on any atom is 0.269 e. The van der Waals surface area contributed by atoms with Crippen molar-refractivity contribution in [3.8, 4) is 17.7 Å². The first-order valence-corrected chi connectivity index (χ1v) is 10.8. The summed E-state index contributed by atoms with van der Waals surface area (Å²) in [6.07, 6.45) is 2.70. The predicted molar refractivity (Wildman–Crippen MR) is 129 cm³/mol. The molecule has 0 aliphatic heterocycles. The van der Waals surface area contributed by atoms with Crippen LogP contribution in [-0.2, 0) is 4.79 Å². The molecule has 4 aromatic rings. The molecule has 2 heterocycles. The number of halogens is 2. The van der Waals surface area contributed by atoms with E-state index in [1.165, 1.54) is 4.40 Å². The van der Waals surface area contributed by atoms with E-state index in [9.17, 15) is 14.9 Å². The standard InChI is InChI=1S/C24H14BrClN4O3/c25-16-8-10-17(11-9-16)33-23-18(24(32)30-12-4-3-7-21(30)29-23)13-15(14-27)22(31)28-20-6-2-1-5-19(20)26/h1-13H,(H,28,31). The maximum absolute atomic E-state index is 13.2. The summed E-state index contributed by atoms with van der Waals surface area (Å²) in [6.45, 7) is 0. The van der Waals surface area contributed by atoms with E-state index in [1.807, 2.05) is 6.07 Å². The second kappa shape index (κ2) is 9.69. The zero-order valence-electron chi connectivity index (χ0n) is 16.8. The normalized spacial score (nSPS) is 11.1. The summed E-state index contributed by atoms with van der Waals surface area (Å²) in [5.74, 6) is -0.330. The number of anilines is 1. The van der Waals surface area contributed by atoms with E-state index < -0.39 is 11.5 Å². The minimum absolute atomic E-state index is 0.0354. The highest BCUT2D eigenvalue weighted by atomic mass is 79.9. The van der Waals surface area contributed by atoms with Crippen molar-refractivity contribution in [2.24, 2.45) is 0 Å². The molecule has 162 valence electrons. The Labute approximate surface area is 201 Å². The Morgan fingerprint density at radius 2 is 1.85 bits per heavy atom. The van der Waals surface area contributed by atoms with Gasteiger partial charge in [0.25, 0.3) is 11.5 Å². The molecule has 1 N–H and O–H groups in total. The van der Waals surface area contributed by atoms with Crippen molar-refractivity contribution in [3.05, 3.63) is 104 Å². The Kier molecular flexibility index (Phi) is 6.54. The topological polar surface area (TPSA) is 96.5 Å². The molecule has 1 amide bonds. The van der Waals surface area contributed by atoms with Gasteiger partial charge in [0.1, 0.15) is 28.6 Å². The molecule has 2 aromatic heterocycles. The first kappa shape index (κ1) is 22.3. The van der Waals surface area contributed by atoms with E-state index in [0.29, 0.717) is 22.1 Å². The summed E-state index contributed by atoms with van der Waals surface area (Å²) in [6, 6.07) is 20.5. The monoisotopic (exact) mass is 520 g/mol. The van der Waals surface area contributed by atoms with Crippen molar-refractivity contribution < 1.29 is 9.53 Å². The van der Waals surface area contributed by atoms with Crippen LogP contribution in [0.5, 0.6) is 11.6 Å². The van der Waals surface area contributed by atoms with Crippen molar-refractivity contribution in [2.75, 3.05) is 5.32 Å². The highest BCUT2D eigenvalue weighted by molar-refractivity contribution is 9.10. The number of nitrogens with one attached hydrogen (secondary N) is 1. The van der Waals surface area contributed by atoms with Crippen molar-refractivity contribution >= 4 is 50.8 Å². The summed E-state index contributed by atoms with van der Waals surface area (Å²) in [4.78, 5) is 30.4. The Hall–Kier alpha value is -3.93. The van der Waals surface area contributed by atoms with Crippen molar-refractivity contribution in [1.82, 2.24) is 9.38 Å². The number of pyridine rings is 1. The largest absolute Gasteiger partial charge is 0.438 e. The molecular formula is C24H14BrClN4O3. The maximum atomic E-state index is 13.2. The van der Waals surface area contributed by atoms with Gasteiger partial charge in [0.2, 0.25) is 5.88 Å². The number of nitriles is 1. The van der Waals surface area contributed by atoms with Crippen molar-refractivity contribution in [3.63, 3.8) is 0 Å². The lowest BCUT2D eigenvalue weighted by Crippen LogP contribution is -2.20. The van der Waals surface area contributed by atoms with Gasteiger partial charge in [0.15, 0.2) is 0 Å². The quantitative estimate of drug-likeness (QED) is 0.278. The van der Waals surface area contributed by atoms with Crippen molar-refractivity contribution in [1.29, 1.82) is 5.26 Å². The number of carbonyl (C=O) groups is 1.